The number of rotatable bonds is 5. The Kier molecular flexibility index (Phi) is 5.24. The second-order valence-corrected chi connectivity index (χ2v) is 8.54. The van der Waals surface area contributed by atoms with Gasteiger partial charge in [-0.15, -0.1) is 0 Å². The van der Waals surface area contributed by atoms with Gasteiger partial charge in [0.05, 0.1) is 11.1 Å². The number of carbonyl (C=O) groups excluding carboxylic acids is 5. The molecule has 1 aromatic heterocycles. The number of piperidine rings is 1. The number of aryl methyl sites for hydroxylation is 2. The van der Waals surface area contributed by atoms with Crippen LogP contribution in [0.5, 0.6) is 0 Å². The minimum Gasteiger partial charge on any atom is -0.350 e. The van der Waals surface area contributed by atoms with Gasteiger partial charge in [-0.25, -0.2) is 0 Å². The van der Waals surface area contributed by atoms with Crippen LogP contribution in [0.25, 0.3) is 10.9 Å². The number of nitrogens with one attached hydrogen (secondary N) is 2. The number of nitrogens with zero attached hydrogens (tertiary/aromatic N) is 2. The molecule has 0 spiro atoms. The molecule has 3 heterocycles. The number of imide groups is 2. The van der Waals surface area contributed by atoms with E-state index in [1.54, 1.807) is 6.07 Å². The molecule has 2 aliphatic heterocycles. The topological polar surface area (TPSA) is 118 Å². The monoisotopic (exact) mass is 458 g/mol. The van der Waals surface area contributed by atoms with Gasteiger partial charge in [0.25, 0.3) is 11.8 Å². The minimum atomic E-state index is -1.02. The van der Waals surface area contributed by atoms with Crippen LogP contribution >= 0.6 is 0 Å². The number of anilines is 1. The van der Waals surface area contributed by atoms with Gasteiger partial charge in [-0.3, -0.25) is 34.2 Å². The quantitative estimate of drug-likeness (QED) is 0.568. The molecular formula is C25H22N4O5. The van der Waals surface area contributed by atoms with Crippen molar-refractivity contribution in [2.75, 3.05) is 5.32 Å². The Morgan fingerprint density at radius 2 is 1.82 bits per heavy atom. The Balaban J connectivity index is 1.28. The molecule has 5 amide bonds. The van der Waals surface area contributed by atoms with Gasteiger partial charge >= 0.3 is 0 Å². The van der Waals surface area contributed by atoms with Crippen molar-refractivity contribution in [2.24, 2.45) is 7.05 Å². The summed E-state index contributed by atoms with van der Waals surface area (Å²) in [6.45, 7) is 0. The average Bonchev–Trinajstić information content (AvgIpc) is 3.26. The third kappa shape index (κ3) is 3.64. The van der Waals surface area contributed by atoms with E-state index >= 15 is 0 Å². The number of amides is 5. The van der Waals surface area contributed by atoms with Gasteiger partial charge < -0.3 is 9.88 Å². The smallest absolute Gasteiger partial charge is 0.262 e. The first-order valence-corrected chi connectivity index (χ1v) is 11.0. The summed E-state index contributed by atoms with van der Waals surface area (Å²) in [4.78, 5) is 62.8. The molecule has 5 rings (SSSR count). The first-order valence-electron chi connectivity index (χ1n) is 11.0. The van der Waals surface area contributed by atoms with Gasteiger partial charge in [0.15, 0.2) is 0 Å². The Morgan fingerprint density at radius 3 is 2.62 bits per heavy atom. The van der Waals surface area contributed by atoms with E-state index < -0.39 is 29.7 Å². The molecule has 1 atom stereocenters. The number of hydrogen-bond donors (Lipinski definition) is 2. The zero-order valence-corrected chi connectivity index (χ0v) is 18.5. The van der Waals surface area contributed by atoms with Crippen molar-refractivity contribution in [1.29, 1.82) is 0 Å². The van der Waals surface area contributed by atoms with E-state index in [4.69, 9.17) is 0 Å². The fourth-order valence-corrected chi connectivity index (χ4v) is 4.65. The van der Waals surface area contributed by atoms with E-state index in [0.717, 1.165) is 21.4 Å². The maximum absolute atomic E-state index is 12.9. The van der Waals surface area contributed by atoms with Crippen molar-refractivity contribution in [1.82, 2.24) is 14.8 Å². The standard InChI is InChI=1S/C25H22N4O5/c1-28-13-14(16-4-2-3-5-19(16)28)6-10-21(30)26-15-7-8-17-18(12-15)25(34)29(24(17)33)20-9-11-22(31)27-23(20)32/h2-5,7-8,12-13,20H,6,9-11H2,1H3,(H,26,30)(H,27,31,32). The number of carbonyl (C=O) groups is 5. The second kappa shape index (κ2) is 8.26. The Hall–Kier alpha value is -4.27. The summed E-state index contributed by atoms with van der Waals surface area (Å²) in [6.07, 6.45) is 2.97. The maximum Gasteiger partial charge on any atom is 0.262 e. The maximum atomic E-state index is 12.9. The lowest BCUT2D eigenvalue weighted by Crippen LogP contribution is -2.54. The molecule has 9 heteroatoms. The minimum absolute atomic E-state index is 0.0574. The van der Waals surface area contributed by atoms with E-state index in [1.165, 1.54) is 12.1 Å². The van der Waals surface area contributed by atoms with Gasteiger partial charge in [-0.05, 0) is 42.7 Å². The Bertz CT molecular complexity index is 1390. The van der Waals surface area contributed by atoms with Crippen molar-refractivity contribution >= 4 is 46.1 Å². The molecule has 0 radical (unpaired) electrons. The summed E-state index contributed by atoms with van der Waals surface area (Å²) in [5.41, 5.74) is 2.86. The van der Waals surface area contributed by atoms with Crippen molar-refractivity contribution in [3.05, 3.63) is 65.4 Å². The van der Waals surface area contributed by atoms with Crippen molar-refractivity contribution in [3.8, 4) is 0 Å². The van der Waals surface area contributed by atoms with Gasteiger partial charge in [-0.1, -0.05) is 18.2 Å². The van der Waals surface area contributed by atoms with E-state index in [9.17, 15) is 24.0 Å². The normalized spacial score (nSPS) is 17.8. The highest BCUT2D eigenvalue weighted by Gasteiger charge is 2.44. The molecule has 0 aliphatic carbocycles. The third-order valence-electron chi connectivity index (χ3n) is 6.32. The molecule has 2 N–H and O–H groups in total. The largest absolute Gasteiger partial charge is 0.350 e. The average molecular weight is 458 g/mol. The molecule has 1 unspecified atom stereocenters. The van der Waals surface area contributed by atoms with Crippen LogP contribution in [0.4, 0.5) is 5.69 Å². The number of para-hydroxylation sites is 1. The molecule has 34 heavy (non-hydrogen) atoms. The molecule has 2 aliphatic rings. The molecule has 2 aromatic carbocycles. The molecular weight excluding hydrogens is 436 g/mol. The summed E-state index contributed by atoms with van der Waals surface area (Å²) in [5, 5.41) is 6.06. The van der Waals surface area contributed by atoms with Crippen LogP contribution < -0.4 is 10.6 Å². The van der Waals surface area contributed by atoms with Crippen LogP contribution in [-0.4, -0.2) is 45.0 Å². The highest BCUT2D eigenvalue weighted by molar-refractivity contribution is 6.24. The molecule has 172 valence electrons. The van der Waals surface area contributed by atoms with Crippen molar-refractivity contribution in [3.63, 3.8) is 0 Å². The number of aromatic nitrogens is 1. The molecule has 3 aromatic rings. The van der Waals surface area contributed by atoms with Crippen LogP contribution in [0.1, 0.15) is 45.5 Å². The van der Waals surface area contributed by atoms with E-state index in [0.29, 0.717) is 12.1 Å². The van der Waals surface area contributed by atoms with Crippen LogP contribution in [0.3, 0.4) is 0 Å². The fraction of sp³-hybridized carbons (Fsp3) is 0.240. The third-order valence-corrected chi connectivity index (χ3v) is 6.32. The predicted molar refractivity (Wildman–Crippen MR) is 123 cm³/mol. The summed E-state index contributed by atoms with van der Waals surface area (Å²) >= 11 is 0. The lowest BCUT2D eigenvalue weighted by molar-refractivity contribution is -0.136. The lowest BCUT2D eigenvalue weighted by Gasteiger charge is -2.27. The zero-order chi connectivity index (χ0) is 24.0. The van der Waals surface area contributed by atoms with Crippen LogP contribution in [-0.2, 0) is 27.9 Å². The molecule has 0 bridgehead atoms. The Morgan fingerprint density at radius 1 is 1.06 bits per heavy atom. The van der Waals surface area contributed by atoms with Crippen LogP contribution in [0.15, 0.2) is 48.7 Å². The number of hydrogen-bond acceptors (Lipinski definition) is 5. The highest BCUT2D eigenvalue weighted by Crippen LogP contribution is 2.29. The first kappa shape index (κ1) is 21.6. The summed E-state index contributed by atoms with van der Waals surface area (Å²) in [6, 6.07) is 11.5. The predicted octanol–water partition coefficient (Wildman–Crippen LogP) is 2.15. The van der Waals surface area contributed by atoms with E-state index in [1.807, 2.05) is 42.1 Å². The van der Waals surface area contributed by atoms with E-state index in [-0.39, 0.29) is 36.3 Å². The van der Waals surface area contributed by atoms with Crippen molar-refractivity contribution in [2.45, 2.75) is 31.7 Å². The number of benzene rings is 2. The molecule has 1 fully saturated rings. The van der Waals surface area contributed by atoms with Crippen LogP contribution in [0, 0.1) is 0 Å². The molecule has 0 saturated carbocycles. The van der Waals surface area contributed by atoms with E-state index in [2.05, 4.69) is 10.6 Å². The van der Waals surface area contributed by atoms with Gasteiger partial charge in [-0.2, -0.15) is 0 Å². The Labute approximate surface area is 194 Å². The fourth-order valence-electron chi connectivity index (χ4n) is 4.65. The van der Waals surface area contributed by atoms with Crippen molar-refractivity contribution < 1.29 is 24.0 Å². The van der Waals surface area contributed by atoms with Crippen LogP contribution in [0.2, 0.25) is 0 Å². The molecule has 9 nitrogen and oxygen atoms in total. The molecule has 1 saturated heterocycles. The van der Waals surface area contributed by atoms with Gasteiger partial charge in [0.1, 0.15) is 6.04 Å². The number of fused-ring (bicyclic) bond motifs is 2. The second-order valence-electron chi connectivity index (χ2n) is 8.54. The SMILES string of the molecule is Cn1cc(CCC(=O)Nc2ccc3c(c2)C(=O)N(C2CCC(=O)NC2=O)C3=O)c2ccccc21. The summed E-state index contributed by atoms with van der Waals surface area (Å²) in [7, 11) is 1.97. The first-order chi connectivity index (χ1) is 16.3. The summed E-state index contributed by atoms with van der Waals surface area (Å²) in [5.74, 6) is -2.49. The van der Waals surface area contributed by atoms with Gasteiger partial charge in [0, 0.05) is 42.7 Å². The summed E-state index contributed by atoms with van der Waals surface area (Å²) < 4.78 is 2.03. The lowest BCUT2D eigenvalue weighted by atomic mass is 10.0. The van der Waals surface area contributed by atoms with Gasteiger partial charge in [0.2, 0.25) is 17.7 Å². The zero-order valence-electron chi connectivity index (χ0n) is 18.5. The highest BCUT2D eigenvalue weighted by atomic mass is 16.2.